The van der Waals surface area contributed by atoms with Crippen LogP contribution in [0.5, 0.6) is 0 Å². The van der Waals surface area contributed by atoms with Gasteiger partial charge in [-0.2, -0.15) is 0 Å². The van der Waals surface area contributed by atoms with Gasteiger partial charge in [-0.1, -0.05) is 17.7 Å². The van der Waals surface area contributed by atoms with Gasteiger partial charge in [-0.15, -0.1) is 11.3 Å². The molecule has 2 heterocycles. The minimum atomic E-state index is -1.01. The Morgan fingerprint density at radius 1 is 1.38 bits per heavy atom. The Morgan fingerprint density at radius 3 is 2.81 bits per heavy atom. The van der Waals surface area contributed by atoms with Gasteiger partial charge in [0.15, 0.2) is 0 Å². The van der Waals surface area contributed by atoms with E-state index in [-0.39, 0.29) is 12.5 Å². The Kier molecular flexibility index (Phi) is 5.43. The summed E-state index contributed by atoms with van der Waals surface area (Å²) in [5.74, 6) is -1.43. The van der Waals surface area contributed by atoms with E-state index in [2.05, 4.69) is 10.6 Å². The molecule has 1 atom stereocenters. The Balaban J connectivity index is 1.82. The van der Waals surface area contributed by atoms with Crippen molar-refractivity contribution < 1.29 is 19.5 Å². The zero-order valence-corrected chi connectivity index (χ0v) is 15.1. The second-order valence-electron chi connectivity index (χ2n) is 5.69. The topological polar surface area (TPSA) is 98.7 Å². The molecule has 1 aliphatic heterocycles. The second kappa shape index (κ2) is 7.76. The summed E-state index contributed by atoms with van der Waals surface area (Å²) in [6, 6.07) is 7.31. The van der Waals surface area contributed by atoms with Gasteiger partial charge in [0.2, 0.25) is 0 Å². The van der Waals surface area contributed by atoms with E-state index in [1.807, 2.05) is 5.38 Å². The number of urea groups is 1. The lowest BCUT2D eigenvalue weighted by Gasteiger charge is -2.19. The summed E-state index contributed by atoms with van der Waals surface area (Å²) in [6.45, 7) is 0.963. The van der Waals surface area contributed by atoms with Crippen LogP contribution in [0.4, 0.5) is 10.5 Å². The molecular weight excluding hydrogens is 378 g/mol. The molecule has 2 aromatic rings. The van der Waals surface area contributed by atoms with E-state index in [0.717, 1.165) is 4.88 Å². The monoisotopic (exact) mass is 393 g/mol. The third-order valence-corrected chi connectivity index (χ3v) is 5.23. The van der Waals surface area contributed by atoms with E-state index in [4.69, 9.17) is 16.7 Å². The van der Waals surface area contributed by atoms with Crippen molar-refractivity contribution in [2.45, 2.75) is 12.5 Å². The molecule has 0 aliphatic carbocycles. The van der Waals surface area contributed by atoms with E-state index in [0.29, 0.717) is 29.4 Å². The van der Waals surface area contributed by atoms with Crippen molar-refractivity contribution in [3.05, 3.63) is 51.2 Å². The van der Waals surface area contributed by atoms with Crippen molar-refractivity contribution in [3.63, 3.8) is 0 Å². The third-order valence-electron chi connectivity index (χ3n) is 3.93. The van der Waals surface area contributed by atoms with Crippen LogP contribution in [0.15, 0.2) is 35.7 Å². The highest BCUT2D eigenvalue weighted by atomic mass is 35.5. The van der Waals surface area contributed by atoms with Crippen molar-refractivity contribution in [2.75, 3.05) is 18.0 Å². The van der Waals surface area contributed by atoms with Crippen LogP contribution in [0, 0.1) is 0 Å². The standard InChI is InChI=1S/C17H16ClN3O4S/c18-11-4-3-10(8-13(11)21-6-5-19-17(21)25)16(24)20-12(9-15(22)23)14-2-1-7-26-14/h1-4,7-8,12H,5-6,9H2,(H,19,25)(H,20,24)(H,22,23)/t12-/m0/s1. The lowest BCUT2D eigenvalue weighted by atomic mass is 10.1. The summed E-state index contributed by atoms with van der Waals surface area (Å²) in [5, 5.41) is 16.7. The lowest BCUT2D eigenvalue weighted by Crippen LogP contribution is -2.31. The van der Waals surface area contributed by atoms with Gasteiger partial charge in [0.25, 0.3) is 5.91 Å². The smallest absolute Gasteiger partial charge is 0.322 e. The molecule has 3 amide bonds. The molecule has 3 N–H and O–H groups in total. The first-order valence-electron chi connectivity index (χ1n) is 7.86. The summed E-state index contributed by atoms with van der Waals surface area (Å²) in [5.41, 5.74) is 0.747. The molecular formula is C17H16ClN3O4S. The molecule has 1 fully saturated rings. The molecule has 26 heavy (non-hydrogen) atoms. The Morgan fingerprint density at radius 2 is 2.19 bits per heavy atom. The average molecular weight is 394 g/mol. The van der Waals surface area contributed by atoms with Gasteiger partial charge < -0.3 is 15.7 Å². The van der Waals surface area contributed by atoms with Crippen molar-refractivity contribution >= 4 is 46.5 Å². The molecule has 0 spiro atoms. The van der Waals surface area contributed by atoms with Gasteiger partial charge in [-0.3, -0.25) is 14.5 Å². The molecule has 0 saturated carbocycles. The summed E-state index contributed by atoms with van der Waals surface area (Å²) in [4.78, 5) is 37.8. The Bertz CT molecular complexity index is 841. The number of rotatable bonds is 6. The van der Waals surface area contributed by atoms with Crippen molar-refractivity contribution in [1.29, 1.82) is 0 Å². The van der Waals surface area contributed by atoms with Crippen LogP contribution in [-0.4, -0.2) is 36.1 Å². The number of hydrogen-bond donors (Lipinski definition) is 3. The van der Waals surface area contributed by atoms with Crippen molar-refractivity contribution in [3.8, 4) is 0 Å². The average Bonchev–Trinajstić information content (AvgIpc) is 3.26. The highest BCUT2D eigenvalue weighted by molar-refractivity contribution is 7.10. The van der Waals surface area contributed by atoms with Gasteiger partial charge in [-0.05, 0) is 29.6 Å². The first kappa shape index (κ1) is 18.2. The largest absolute Gasteiger partial charge is 0.481 e. The minimum Gasteiger partial charge on any atom is -0.481 e. The molecule has 0 unspecified atom stereocenters. The van der Waals surface area contributed by atoms with E-state index < -0.39 is 17.9 Å². The molecule has 0 bridgehead atoms. The molecule has 1 saturated heterocycles. The number of hydrogen-bond acceptors (Lipinski definition) is 4. The number of carboxylic acid groups (broad SMARTS) is 1. The van der Waals surface area contributed by atoms with Crippen LogP contribution >= 0.6 is 22.9 Å². The van der Waals surface area contributed by atoms with Gasteiger partial charge in [0.1, 0.15) is 0 Å². The molecule has 1 aliphatic rings. The Hall–Kier alpha value is -2.58. The number of aliphatic carboxylic acids is 1. The van der Waals surface area contributed by atoms with Crippen LogP contribution in [0.2, 0.25) is 5.02 Å². The number of amides is 3. The second-order valence-corrected chi connectivity index (χ2v) is 7.08. The van der Waals surface area contributed by atoms with Crippen LogP contribution < -0.4 is 15.5 Å². The third kappa shape index (κ3) is 3.97. The van der Waals surface area contributed by atoms with E-state index in [1.54, 1.807) is 24.3 Å². The van der Waals surface area contributed by atoms with E-state index in [1.165, 1.54) is 22.3 Å². The molecule has 1 aromatic carbocycles. The zero-order valence-electron chi connectivity index (χ0n) is 13.6. The number of halogens is 1. The van der Waals surface area contributed by atoms with E-state index in [9.17, 15) is 14.4 Å². The molecule has 3 rings (SSSR count). The number of nitrogens with one attached hydrogen (secondary N) is 2. The van der Waals surface area contributed by atoms with Gasteiger partial charge in [0.05, 0.1) is 23.2 Å². The lowest BCUT2D eigenvalue weighted by molar-refractivity contribution is -0.137. The number of carbonyl (C=O) groups excluding carboxylic acids is 2. The summed E-state index contributed by atoms with van der Waals surface area (Å²) >= 11 is 7.55. The molecule has 9 heteroatoms. The van der Waals surface area contributed by atoms with Gasteiger partial charge >= 0.3 is 12.0 Å². The van der Waals surface area contributed by atoms with Gasteiger partial charge in [-0.25, -0.2) is 4.79 Å². The maximum atomic E-state index is 12.6. The first-order chi connectivity index (χ1) is 12.5. The zero-order chi connectivity index (χ0) is 18.7. The highest BCUT2D eigenvalue weighted by Gasteiger charge is 2.25. The van der Waals surface area contributed by atoms with Crippen LogP contribution in [0.1, 0.15) is 27.7 Å². The summed E-state index contributed by atoms with van der Waals surface area (Å²) in [7, 11) is 0. The molecule has 1 aromatic heterocycles. The van der Waals surface area contributed by atoms with E-state index >= 15 is 0 Å². The summed E-state index contributed by atoms with van der Waals surface area (Å²) in [6.07, 6.45) is -0.221. The minimum absolute atomic E-state index is 0.221. The van der Waals surface area contributed by atoms with Crippen LogP contribution in [-0.2, 0) is 4.79 Å². The number of carbonyl (C=O) groups is 3. The maximum Gasteiger partial charge on any atom is 0.322 e. The first-order valence-corrected chi connectivity index (χ1v) is 9.12. The summed E-state index contributed by atoms with van der Waals surface area (Å²) < 4.78 is 0. The number of thiophene rings is 1. The van der Waals surface area contributed by atoms with Crippen LogP contribution in [0.25, 0.3) is 0 Å². The number of anilines is 1. The quantitative estimate of drug-likeness (QED) is 0.702. The normalized spacial score (nSPS) is 14.8. The Labute approximate surface area is 158 Å². The molecule has 136 valence electrons. The number of benzene rings is 1. The van der Waals surface area contributed by atoms with Gasteiger partial charge in [0, 0.05) is 23.5 Å². The number of nitrogens with zero attached hydrogens (tertiary/aromatic N) is 1. The van der Waals surface area contributed by atoms with Crippen molar-refractivity contribution in [1.82, 2.24) is 10.6 Å². The predicted molar refractivity (Wildman–Crippen MR) is 99.0 cm³/mol. The number of carboxylic acids is 1. The maximum absolute atomic E-state index is 12.6. The molecule has 0 radical (unpaired) electrons. The highest BCUT2D eigenvalue weighted by Crippen LogP contribution is 2.29. The molecule has 7 nitrogen and oxygen atoms in total. The predicted octanol–water partition coefficient (Wildman–Crippen LogP) is 2.88. The van der Waals surface area contributed by atoms with Crippen molar-refractivity contribution in [2.24, 2.45) is 0 Å². The SMILES string of the molecule is O=C(O)C[C@H](NC(=O)c1ccc(Cl)c(N2CCNC2=O)c1)c1cccs1. The fourth-order valence-electron chi connectivity index (χ4n) is 2.69. The fourth-order valence-corrected chi connectivity index (χ4v) is 3.69. The fraction of sp³-hybridized carbons (Fsp3) is 0.235. The van der Waals surface area contributed by atoms with Crippen LogP contribution in [0.3, 0.4) is 0 Å².